The lowest BCUT2D eigenvalue weighted by Gasteiger charge is -2.10. The molecule has 1 atom stereocenters. The minimum Gasteiger partial charge on any atom is -0.480 e. The van der Waals surface area contributed by atoms with Crippen molar-refractivity contribution < 1.29 is 9.90 Å². The highest BCUT2D eigenvalue weighted by Crippen LogP contribution is 2.25. The molecule has 0 saturated carbocycles. The molecule has 4 nitrogen and oxygen atoms in total. The van der Waals surface area contributed by atoms with Crippen LogP contribution in [0.5, 0.6) is 0 Å². The van der Waals surface area contributed by atoms with Gasteiger partial charge in [0.25, 0.3) is 0 Å². The summed E-state index contributed by atoms with van der Waals surface area (Å²) in [6.45, 7) is 0.160. The van der Waals surface area contributed by atoms with Crippen LogP contribution in [-0.4, -0.2) is 23.7 Å². The Morgan fingerprint density at radius 2 is 2.33 bits per heavy atom. The number of rotatable bonds is 4. The molecule has 1 rings (SSSR count). The van der Waals surface area contributed by atoms with E-state index in [9.17, 15) is 4.79 Å². The third-order valence-corrected chi connectivity index (χ3v) is 3.00. The van der Waals surface area contributed by atoms with Gasteiger partial charge in [-0.1, -0.05) is 11.6 Å². The number of carboxylic acids is 1. The monoisotopic (exact) mass is 292 g/mol. The molecule has 82 valence electrons. The molecule has 1 unspecified atom stereocenters. The SMILES string of the molecule is NC(CNc1ccc(Br)c(Cl)c1)C(=O)O. The zero-order chi connectivity index (χ0) is 11.4. The predicted octanol–water partition coefficient (Wildman–Crippen LogP) is 1.93. The topological polar surface area (TPSA) is 75.3 Å². The van der Waals surface area contributed by atoms with Gasteiger partial charge >= 0.3 is 5.97 Å². The first-order valence-electron chi connectivity index (χ1n) is 4.18. The predicted molar refractivity (Wildman–Crippen MR) is 63.3 cm³/mol. The highest BCUT2D eigenvalue weighted by molar-refractivity contribution is 9.10. The number of carboxylic acid groups (broad SMARTS) is 1. The molecule has 0 saturated heterocycles. The van der Waals surface area contributed by atoms with Crippen LogP contribution in [0.25, 0.3) is 0 Å². The van der Waals surface area contributed by atoms with E-state index < -0.39 is 12.0 Å². The number of hydrogen-bond donors (Lipinski definition) is 3. The van der Waals surface area contributed by atoms with Crippen molar-refractivity contribution in [2.75, 3.05) is 11.9 Å². The molecule has 0 heterocycles. The Labute approximate surface area is 101 Å². The summed E-state index contributed by atoms with van der Waals surface area (Å²) in [5.41, 5.74) is 6.06. The second-order valence-corrected chi connectivity index (χ2v) is 4.22. The fourth-order valence-corrected chi connectivity index (χ4v) is 1.35. The van der Waals surface area contributed by atoms with E-state index in [4.69, 9.17) is 22.4 Å². The lowest BCUT2D eigenvalue weighted by molar-refractivity contribution is -0.138. The van der Waals surface area contributed by atoms with Gasteiger partial charge in [-0.15, -0.1) is 0 Å². The fraction of sp³-hybridized carbons (Fsp3) is 0.222. The summed E-state index contributed by atoms with van der Waals surface area (Å²) in [4.78, 5) is 10.4. The van der Waals surface area contributed by atoms with Gasteiger partial charge in [0.1, 0.15) is 6.04 Å². The fourth-order valence-electron chi connectivity index (χ4n) is 0.921. The van der Waals surface area contributed by atoms with E-state index in [1.807, 2.05) is 0 Å². The third kappa shape index (κ3) is 3.70. The number of nitrogens with two attached hydrogens (primary N) is 1. The van der Waals surface area contributed by atoms with Crippen molar-refractivity contribution in [3.8, 4) is 0 Å². The van der Waals surface area contributed by atoms with Crippen molar-refractivity contribution in [3.05, 3.63) is 27.7 Å². The molecule has 0 spiro atoms. The molecular formula is C9H10BrClN2O2. The highest BCUT2D eigenvalue weighted by Gasteiger charge is 2.10. The van der Waals surface area contributed by atoms with Crippen LogP contribution in [0.1, 0.15) is 0 Å². The summed E-state index contributed by atoms with van der Waals surface area (Å²) in [6.07, 6.45) is 0. The Morgan fingerprint density at radius 1 is 1.67 bits per heavy atom. The smallest absolute Gasteiger partial charge is 0.322 e. The average Bonchev–Trinajstić information content (AvgIpc) is 2.19. The van der Waals surface area contributed by atoms with E-state index >= 15 is 0 Å². The van der Waals surface area contributed by atoms with Crippen molar-refractivity contribution >= 4 is 39.2 Å². The van der Waals surface area contributed by atoms with Crippen molar-refractivity contribution in [1.82, 2.24) is 0 Å². The van der Waals surface area contributed by atoms with Crippen LogP contribution in [-0.2, 0) is 4.79 Å². The molecule has 0 aliphatic rings. The molecule has 6 heteroatoms. The molecule has 0 aromatic heterocycles. The standard InChI is InChI=1S/C9H10BrClN2O2/c10-6-2-1-5(3-7(6)11)13-4-8(12)9(14)15/h1-3,8,13H,4,12H2,(H,14,15). The van der Waals surface area contributed by atoms with Crippen LogP contribution in [0.2, 0.25) is 5.02 Å². The Balaban J connectivity index is 2.58. The first-order valence-corrected chi connectivity index (χ1v) is 5.35. The molecule has 0 amide bonds. The van der Waals surface area contributed by atoms with Gasteiger partial charge in [-0.3, -0.25) is 4.79 Å². The number of carbonyl (C=O) groups is 1. The number of halogens is 2. The van der Waals surface area contributed by atoms with Gasteiger partial charge in [0.05, 0.1) is 5.02 Å². The van der Waals surface area contributed by atoms with E-state index in [1.165, 1.54) is 0 Å². The summed E-state index contributed by atoms with van der Waals surface area (Å²) in [5, 5.41) is 12.0. The lowest BCUT2D eigenvalue weighted by Crippen LogP contribution is -2.36. The first kappa shape index (κ1) is 12.3. The second-order valence-electron chi connectivity index (χ2n) is 2.95. The van der Waals surface area contributed by atoms with Gasteiger partial charge in [0.2, 0.25) is 0 Å². The van der Waals surface area contributed by atoms with E-state index in [0.717, 1.165) is 10.2 Å². The van der Waals surface area contributed by atoms with Crippen molar-refractivity contribution in [3.63, 3.8) is 0 Å². The summed E-state index contributed by atoms with van der Waals surface area (Å²) in [5.74, 6) is -1.04. The Morgan fingerprint density at radius 3 is 2.87 bits per heavy atom. The summed E-state index contributed by atoms with van der Waals surface area (Å²) >= 11 is 9.11. The van der Waals surface area contributed by atoms with Crippen molar-refractivity contribution in [2.45, 2.75) is 6.04 Å². The Hall–Kier alpha value is -0.780. The normalized spacial score (nSPS) is 12.2. The maximum atomic E-state index is 10.4. The van der Waals surface area contributed by atoms with E-state index in [0.29, 0.717) is 5.02 Å². The van der Waals surface area contributed by atoms with Gasteiger partial charge in [-0.05, 0) is 34.1 Å². The minimum absolute atomic E-state index is 0.160. The third-order valence-electron chi connectivity index (χ3n) is 1.76. The van der Waals surface area contributed by atoms with Crippen LogP contribution < -0.4 is 11.1 Å². The Kier molecular flexibility index (Phi) is 4.38. The Bertz CT molecular complexity index is 373. The van der Waals surface area contributed by atoms with Crippen molar-refractivity contribution in [2.24, 2.45) is 5.73 Å². The molecular weight excluding hydrogens is 283 g/mol. The number of benzene rings is 1. The average molecular weight is 294 g/mol. The quantitative estimate of drug-likeness (QED) is 0.793. The number of anilines is 1. The molecule has 1 aromatic rings. The van der Waals surface area contributed by atoms with Gasteiger partial charge in [-0.2, -0.15) is 0 Å². The largest absolute Gasteiger partial charge is 0.480 e. The van der Waals surface area contributed by atoms with Gasteiger partial charge in [-0.25, -0.2) is 0 Å². The van der Waals surface area contributed by atoms with Gasteiger partial charge in [0, 0.05) is 16.7 Å². The summed E-state index contributed by atoms with van der Waals surface area (Å²) in [7, 11) is 0. The molecule has 4 N–H and O–H groups in total. The van der Waals surface area contributed by atoms with E-state index in [2.05, 4.69) is 21.2 Å². The maximum absolute atomic E-state index is 10.4. The summed E-state index contributed by atoms with van der Waals surface area (Å²) < 4.78 is 0.789. The number of hydrogen-bond acceptors (Lipinski definition) is 3. The zero-order valence-electron chi connectivity index (χ0n) is 7.71. The van der Waals surface area contributed by atoms with Crippen molar-refractivity contribution in [1.29, 1.82) is 0 Å². The molecule has 15 heavy (non-hydrogen) atoms. The number of aliphatic carboxylic acids is 1. The molecule has 0 aliphatic carbocycles. The first-order chi connectivity index (χ1) is 7.00. The molecule has 1 aromatic carbocycles. The molecule has 0 aliphatic heterocycles. The minimum atomic E-state index is -1.04. The second kappa shape index (κ2) is 5.34. The van der Waals surface area contributed by atoms with Crippen LogP contribution in [0.4, 0.5) is 5.69 Å². The van der Waals surface area contributed by atoms with E-state index in [1.54, 1.807) is 18.2 Å². The lowest BCUT2D eigenvalue weighted by atomic mass is 10.3. The number of nitrogens with one attached hydrogen (secondary N) is 1. The van der Waals surface area contributed by atoms with E-state index in [-0.39, 0.29) is 6.54 Å². The maximum Gasteiger partial charge on any atom is 0.322 e. The van der Waals surface area contributed by atoms with Crippen LogP contribution in [0.3, 0.4) is 0 Å². The van der Waals surface area contributed by atoms with Gasteiger partial charge < -0.3 is 16.2 Å². The van der Waals surface area contributed by atoms with Crippen LogP contribution >= 0.6 is 27.5 Å². The van der Waals surface area contributed by atoms with Crippen LogP contribution in [0.15, 0.2) is 22.7 Å². The molecule has 0 fully saturated rings. The summed E-state index contributed by atoms with van der Waals surface area (Å²) in [6, 6.07) is 4.33. The van der Waals surface area contributed by atoms with Gasteiger partial charge in [0.15, 0.2) is 0 Å². The zero-order valence-corrected chi connectivity index (χ0v) is 10.0. The molecule has 0 bridgehead atoms. The molecule has 0 radical (unpaired) electrons. The van der Waals surface area contributed by atoms with Crippen LogP contribution in [0, 0.1) is 0 Å². The highest BCUT2D eigenvalue weighted by atomic mass is 79.9.